The monoisotopic (exact) mass is 269 g/mol. The van der Waals surface area contributed by atoms with Gasteiger partial charge in [0.15, 0.2) is 0 Å². The van der Waals surface area contributed by atoms with Gasteiger partial charge in [-0.2, -0.15) is 0 Å². The van der Waals surface area contributed by atoms with Gasteiger partial charge in [-0.05, 0) is 41.8 Å². The zero-order valence-corrected chi connectivity index (χ0v) is 11.5. The molecule has 0 spiro atoms. The van der Waals surface area contributed by atoms with E-state index in [-0.39, 0.29) is 0 Å². The quantitative estimate of drug-likeness (QED) is 0.813. The summed E-state index contributed by atoms with van der Waals surface area (Å²) in [6.45, 7) is 3.13. The van der Waals surface area contributed by atoms with Gasteiger partial charge in [0.2, 0.25) is 0 Å². The Bertz CT molecular complexity index is 554. The van der Waals surface area contributed by atoms with Gasteiger partial charge in [-0.1, -0.05) is 24.3 Å². The van der Waals surface area contributed by atoms with Gasteiger partial charge in [-0.15, -0.1) is 0 Å². The molecule has 2 aromatic rings. The normalized spacial score (nSPS) is 13.0. The number of ether oxygens (including phenoxy) is 2. The van der Waals surface area contributed by atoms with Crippen LogP contribution in [-0.4, -0.2) is 13.2 Å². The molecular weight excluding hydrogens is 250 g/mol. The summed E-state index contributed by atoms with van der Waals surface area (Å²) in [5, 5.41) is 3.43. The summed E-state index contributed by atoms with van der Waals surface area (Å²) in [4.78, 5) is 0. The predicted molar refractivity (Wildman–Crippen MR) is 80.0 cm³/mol. The minimum Gasteiger partial charge on any atom is -0.494 e. The predicted octanol–water partition coefficient (Wildman–Crippen LogP) is 3.60. The standard InChI is InChI=1S/C17H19NO2/c1-2-5-17(6-3-1)20-10-4-9-18-16-8-7-14-12-19-13-15(14)11-16/h1-3,5-8,11,18H,4,9-10,12-13H2. The molecule has 0 aromatic heterocycles. The molecule has 104 valence electrons. The van der Waals surface area contributed by atoms with Crippen molar-refractivity contribution in [2.45, 2.75) is 19.6 Å². The first-order valence-corrected chi connectivity index (χ1v) is 7.03. The molecule has 2 aromatic carbocycles. The molecule has 0 aliphatic carbocycles. The van der Waals surface area contributed by atoms with Crippen molar-refractivity contribution in [2.75, 3.05) is 18.5 Å². The topological polar surface area (TPSA) is 30.5 Å². The lowest BCUT2D eigenvalue weighted by atomic mass is 10.1. The van der Waals surface area contributed by atoms with Gasteiger partial charge in [0.1, 0.15) is 5.75 Å². The van der Waals surface area contributed by atoms with Gasteiger partial charge in [0.05, 0.1) is 19.8 Å². The van der Waals surface area contributed by atoms with E-state index < -0.39 is 0 Å². The Balaban J connectivity index is 1.40. The maximum absolute atomic E-state index is 5.66. The first-order valence-electron chi connectivity index (χ1n) is 7.03. The number of hydrogen-bond donors (Lipinski definition) is 1. The number of anilines is 1. The van der Waals surface area contributed by atoms with Crippen LogP contribution in [0.2, 0.25) is 0 Å². The molecule has 0 amide bonds. The molecule has 3 heteroatoms. The van der Waals surface area contributed by atoms with Gasteiger partial charge in [0.25, 0.3) is 0 Å². The zero-order chi connectivity index (χ0) is 13.6. The molecule has 0 saturated carbocycles. The third-order valence-corrected chi connectivity index (χ3v) is 3.38. The minimum atomic E-state index is 0.727. The minimum absolute atomic E-state index is 0.727. The maximum Gasteiger partial charge on any atom is 0.119 e. The zero-order valence-electron chi connectivity index (χ0n) is 11.5. The second-order valence-corrected chi connectivity index (χ2v) is 4.92. The summed E-state index contributed by atoms with van der Waals surface area (Å²) in [5.41, 5.74) is 3.77. The fraction of sp³-hybridized carbons (Fsp3) is 0.294. The van der Waals surface area contributed by atoms with E-state index in [1.54, 1.807) is 0 Å². The van der Waals surface area contributed by atoms with E-state index in [4.69, 9.17) is 9.47 Å². The number of hydrogen-bond acceptors (Lipinski definition) is 3. The van der Waals surface area contributed by atoms with Crippen LogP contribution in [0.3, 0.4) is 0 Å². The average Bonchev–Trinajstić information content (AvgIpc) is 2.95. The molecule has 0 saturated heterocycles. The number of rotatable bonds is 6. The van der Waals surface area contributed by atoms with Crippen LogP contribution in [0.1, 0.15) is 17.5 Å². The van der Waals surface area contributed by atoms with Crippen molar-refractivity contribution < 1.29 is 9.47 Å². The largest absolute Gasteiger partial charge is 0.494 e. The number of fused-ring (bicyclic) bond motifs is 1. The molecule has 0 fully saturated rings. The van der Waals surface area contributed by atoms with Crippen LogP contribution >= 0.6 is 0 Å². The lowest BCUT2D eigenvalue weighted by Gasteiger charge is -2.09. The summed E-state index contributed by atoms with van der Waals surface area (Å²) in [7, 11) is 0. The molecular formula is C17H19NO2. The molecule has 3 rings (SSSR count). The van der Waals surface area contributed by atoms with Crippen LogP contribution in [-0.2, 0) is 18.0 Å². The molecule has 0 atom stereocenters. The van der Waals surface area contributed by atoms with Crippen molar-refractivity contribution in [1.82, 2.24) is 0 Å². The summed E-state index contributed by atoms with van der Waals surface area (Å²) in [5.74, 6) is 0.933. The van der Waals surface area contributed by atoms with Crippen LogP contribution < -0.4 is 10.1 Å². The van der Waals surface area contributed by atoms with Crippen LogP contribution in [0.4, 0.5) is 5.69 Å². The average molecular weight is 269 g/mol. The lowest BCUT2D eigenvalue weighted by Crippen LogP contribution is -2.07. The van der Waals surface area contributed by atoms with Crippen molar-refractivity contribution in [3.05, 3.63) is 59.7 Å². The van der Waals surface area contributed by atoms with E-state index in [2.05, 4.69) is 23.5 Å². The van der Waals surface area contributed by atoms with Gasteiger partial charge >= 0.3 is 0 Å². The van der Waals surface area contributed by atoms with Crippen molar-refractivity contribution in [3.8, 4) is 5.75 Å². The lowest BCUT2D eigenvalue weighted by molar-refractivity contribution is 0.134. The van der Waals surface area contributed by atoms with E-state index in [1.165, 1.54) is 11.1 Å². The molecule has 0 radical (unpaired) electrons. The molecule has 1 N–H and O–H groups in total. The second kappa shape index (κ2) is 6.44. The first-order chi connectivity index (χ1) is 9.92. The van der Waals surface area contributed by atoms with Gasteiger partial charge in [-0.25, -0.2) is 0 Å². The number of nitrogens with one attached hydrogen (secondary N) is 1. The van der Waals surface area contributed by atoms with E-state index in [0.29, 0.717) is 0 Å². The maximum atomic E-state index is 5.66. The Kier molecular flexibility index (Phi) is 4.19. The summed E-state index contributed by atoms with van der Waals surface area (Å²) in [6.07, 6.45) is 0.975. The van der Waals surface area contributed by atoms with E-state index >= 15 is 0 Å². The molecule has 1 aliphatic heterocycles. The van der Waals surface area contributed by atoms with Crippen molar-refractivity contribution in [1.29, 1.82) is 0 Å². The number of para-hydroxylation sites is 1. The van der Waals surface area contributed by atoms with Crippen LogP contribution in [0.5, 0.6) is 5.75 Å². The SMILES string of the molecule is c1ccc(OCCCNc2ccc3c(c2)COC3)cc1. The van der Waals surface area contributed by atoms with Gasteiger partial charge < -0.3 is 14.8 Å². The third-order valence-electron chi connectivity index (χ3n) is 3.38. The Hall–Kier alpha value is -2.00. The summed E-state index contributed by atoms with van der Waals surface area (Å²) >= 11 is 0. The fourth-order valence-electron chi connectivity index (χ4n) is 2.29. The second-order valence-electron chi connectivity index (χ2n) is 4.92. The highest BCUT2D eigenvalue weighted by Crippen LogP contribution is 2.23. The number of benzene rings is 2. The van der Waals surface area contributed by atoms with Crippen LogP contribution in [0, 0.1) is 0 Å². The van der Waals surface area contributed by atoms with E-state index in [0.717, 1.165) is 44.2 Å². The van der Waals surface area contributed by atoms with Crippen molar-refractivity contribution >= 4 is 5.69 Å². The first kappa shape index (κ1) is 13.0. The van der Waals surface area contributed by atoms with E-state index in [9.17, 15) is 0 Å². The molecule has 3 nitrogen and oxygen atoms in total. The van der Waals surface area contributed by atoms with Crippen LogP contribution in [0.15, 0.2) is 48.5 Å². The Morgan fingerprint density at radius 2 is 1.85 bits per heavy atom. The highest BCUT2D eigenvalue weighted by molar-refractivity contribution is 5.49. The van der Waals surface area contributed by atoms with E-state index in [1.807, 2.05) is 30.3 Å². The molecule has 0 unspecified atom stereocenters. The Morgan fingerprint density at radius 3 is 2.75 bits per heavy atom. The Morgan fingerprint density at radius 1 is 1.00 bits per heavy atom. The fourth-order valence-corrected chi connectivity index (χ4v) is 2.29. The Labute approximate surface area is 119 Å². The molecule has 1 aliphatic rings. The molecule has 0 bridgehead atoms. The highest BCUT2D eigenvalue weighted by atomic mass is 16.5. The summed E-state index contributed by atoms with van der Waals surface area (Å²) in [6, 6.07) is 16.4. The molecule has 20 heavy (non-hydrogen) atoms. The van der Waals surface area contributed by atoms with Crippen LogP contribution in [0.25, 0.3) is 0 Å². The van der Waals surface area contributed by atoms with Crippen molar-refractivity contribution in [2.24, 2.45) is 0 Å². The smallest absolute Gasteiger partial charge is 0.119 e. The van der Waals surface area contributed by atoms with Crippen molar-refractivity contribution in [3.63, 3.8) is 0 Å². The highest BCUT2D eigenvalue weighted by Gasteiger charge is 2.10. The summed E-state index contributed by atoms with van der Waals surface area (Å²) < 4.78 is 11.1. The van der Waals surface area contributed by atoms with Gasteiger partial charge in [-0.3, -0.25) is 0 Å². The third kappa shape index (κ3) is 3.31. The molecule has 1 heterocycles. The van der Waals surface area contributed by atoms with Gasteiger partial charge in [0, 0.05) is 12.2 Å².